The molecule has 0 spiro atoms. The van der Waals surface area contributed by atoms with E-state index in [0.29, 0.717) is 5.56 Å². The molecule has 2 unspecified atom stereocenters. The quantitative estimate of drug-likeness (QED) is 0.744. The van der Waals surface area contributed by atoms with E-state index >= 15 is 0 Å². The molecule has 0 bridgehead atoms. The average molecular weight is 234 g/mol. The Labute approximate surface area is 101 Å². The van der Waals surface area contributed by atoms with Gasteiger partial charge in [-0.15, -0.1) is 0 Å². The number of carbonyl (C=O) groups excluding carboxylic acids is 1. The molecular formula is C12H18N4O. The third-order valence-electron chi connectivity index (χ3n) is 3.23. The van der Waals surface area contributed by atoms with Crippen molar-refractivity contribution >= 4 is 5.91 Å². The molecule has 1 saturated carbocycles. The van der Waals surface area contributed by atoms with Crippen LogP contribution in [0.5, 0.6) is 0 Å². The topological polar surface area (TPSA) is 80.9 Å². The number of hydrogen-bond donors (Lipinski definition) is 2. The molecule has 1 amide bonds. The van der Waals surface area contributed by atoms with Crippen molar-refractivity contribution in [1.29, 1.82) is 0 Å². The van der Waals surface area contributed by atoms with Gasteiger partial charge in [-0.3, -0.25) is 4.79 Å². The van der Waals surface area contributed by atoms with Crippen LogP contribution in [0.15, 0.2) is 18.5 Å². The summed E-state index contributed by atoms with van der Waals surface area (Å²) in [5.41, 5.74) is 6.60. The highest BCUT2D eigenvalue weighted by Crippen LogP contribution is 2.17. The van der Waals surface area contributed by atoms with Crippen LogP contribution in [0.4, 0.5) is 0 Å². The minimum absolute atomic E-state index is 0.0660. The normalized spacial score (nSPS) is 25.0. The molecule has 17 heavy (non-hydrogen) atoms. The number of aromatic nitrogens is 2. The summed E-state index contributed by atoms with van der Waals surface area (Å²) in [7, 11) is 0. The highest BCUT2D eigenvalue weighted by molar-refractivity contribution is 5.93. The summed E-state index contributed by atoms with van der Waals surface area (Å²) in [6.45, 7) is 0. The molecule has 2 atom stereocenters. The third kappa shape index (κ3) is 3.23. The van der Waals surface area contributed by atoms with Gasteiger partial charge in [-0.2, -0.15) is 10.2 Å². The van der Waals surface area contributed by atoms with Gasteiger partial charge >= 0.3 is 0 Å². The van der Waals surface area contributed by atoms with E-state index in [1.165, 1.54) is 18.8 Å². The van der Waals surface area contributed by atoms with Gasteiger partial charge in [0, 0.05) is 12.1 Å². The zero-order chi connectivity index (χ0) is 12.1. The maximum atomic E-state index is 11.9. The van der Waals surface area contributed by atoms with Crippen LogP contribution in [0.2, 0.25) is 0 Å². The van der Waals surface area contributed by atoms with Crippen LogP contribution in [0, 0.1) is 0 Å². The Morgan fingerprint density at radius 1 is 1.29 bits per heavy atom. The van der Waals surface area contributed by atoms with Gasteiger partial charge in [0.25, 0.3) is 5.91 Å². The first-order valence-electron chi connectivity index (χ1n) is 6.10. The zero-order valence-electron chi connectivity index (χ0n) is 9.80. The molecular weight excluding hydrogens is 216 g/mol. The van der Waals surface area contributed by atoms with E-state index in [1.807, 2.05) is 0 Å². The highest BCUT2D eigenvalue weighted by Gasteiger charge is 2.22. The van der Waals surface area contributed by atoms with E-state index < -0.39 is 0 Å². The van der Waals surface area contributed by atoms with Crippen LogP contribution < -0.4 is 11.1 Å². The molecule has 5 nitrogen and oxygen atoms in total. The smallest absolute Gasteiger partial charge is 0.253 e. The third-order valence-corrected chi connectivity index (χ3v) is 3.23. The Morgan fingerprint density at radius 3 is 2.88 bits per heavy atom. The average Bonchev–Trinajstić information content (AvgIpc) is 2.56. The van der Waals surface area contributed by atoms with Crippen LogP contribution in [0.1, 0.15) is 42.5 Å². The molecule has 92 valence electrons. The fourth-order valence-electron chi connectivity index (χ4n) is 2.19. The Balaban J connectivity index is 1.98. The zero-order valence-corrected chi connectivity index (χ0v) is 9.80. The van der Waals surface area contributed by atoms with E-state index in [4.69, 9.17) is 5.73 Å². The maximum Gasteiger partial charge on any atom is 0.253 e. The lowest BCUT2D eigenvalue weighted by Crippen LogP contribution is -2.46. The van der Waals surface area contributed by atoms with Gasteiger partial charge in [0.1, 0.15) is 0 Å². The summed E-state index contributed by atoms with van der Waals surface area (Å²) in [5.74, 6) is -0.109. The van der Waals surface area contributed by atoms with Gasteiger partial charge in [-0.1, -0.05) is 19.3 Å². The highest BCUT2D eigenvalue weighted by atomic mass is 16.1. The first kappa shape index (κ1) is 12.0. The van der Waals surface area contributed by atoms with E-state index in [1.54, 1.807) is 6.07 Å². The van der Waals surface area contributed by atoms with Crippen molar-refractivity contribution in [2.75, 3.05) is 0 Å². The number of nitrogens with two attached hydrogens (primary N) is 1. The number of carbonyl (C=O) groups is 1. The summed E-state index contributed by atoms with van der Waals surface area (Å²) >= 11 is 0. The number of nitrogens with zero attached hydrogens (tertiary/aromatic N) is 2. The minimum atomic E-state index is -0.109. The van der Waals surface area contributed by atoms with Gasteiger partial charge in [-0.05, 0) is 18.9 Å². The van der Waals surface area contributed by atoms with Crippen molar-refractivity contribution < 1.29 is 4.79 Å². The molecule has 0 aromatic carbocycles. The predicted molar refractivity (Wildman–Crippen MR) is 64.3 cm³/mol. The van der Waals surface area contributed by atoms with Gasteiger partial charge in [-0.25, -0.2) is 0 Å². The van der Waals surface area contributed by atoms with Crippen LogP contribution in [0.25, 0.3) is 0 Å². The molecule has 0 aliphatic heterocycles. The molecule has 1 aromatic heterocycles. The fourth-order valence-corrected chi connectivity index (χ4v) is 2.19. The Kier molecular flexibility index (Phi) is 4.03. The summed E-state index contributed by atoms with van der Waals surface area (Å²) in [4.78, 5) is 11.9. The maximum absolute atomic E-state index is 11.9. The van der Waals surface area contributed by atoms with Crippen molar-refractivity contribution in [3.05, 3.63) is 24.0 Å². The Bertz CT molecular complexity index is 368. The van der Waals surface area contributed by atoms with Crippen LogP contribution in [-0.2, 0) is 0 Å². The second kappa shape index (κ2) is 5.72. The van der Waals surface area contributed by atoms with Crippen molar-refractivity contribution in [3.63, 3.8) is 0 Å². The van der Waals surface area contributed by atoms with Crippen LogP contribution in [0.3, 0.4) is 0 Å². The monoisotopic (exact) mass is 234 g/mol. The summed E-state index contributed by atoms with van der Waals surface area (Å²) in [6, 6.07) is 1.80. The predicted octanol–water partition coefficient (Wildman–Crippen LogP) is 0.866. The van der Waals surface area contributed by atoms with Gasteiger partial charge in [0.05, 0.1) is 18.0 Å². The van der Waals surface area contributed by atoms with E-state index in [0.717, 1.165) is 25.7 Å². The second-order valence-corrected chi connectivity index (χ2v) is 4.51. The SMILES string of the molecule is NC1CCCCCC1NC(=O)c1ccnnc1. The Hall–Kier alpha value is -1.49. The van der Waals surface area contributed by atoms with Crippen molar-refractivity contribution in [3.8, 4) is 0 Å². The van der Waals surface area contributed by atoms with E-state index in [2.05, 4.69) is 15.5 Å². The summed E-state index contributed by atoms with van der Waals surface area (Å²) in [6.07, 6.45) is 8.43. The molecule has 1 aliphatic carbocycles. The van der Waals surface area contributed by atoms with Gasteiger partial charge in [0.2, 0.25) is 0 Å². The lowest BCUT2D eigenvalue weighted by molar-refractivity contribution is 0.0928. The van der Waals surface area contributed by atoms with Crippen molar-refractivity contribution in [2.24, 2.45) is 5.73 Å². The first-order chi connectivity index (χ1) is 8.27. The molecule has 1 fully saturated rings. The molecule has 1 aromatic rings. The largest absolute Gasteiger partial charge is 0.348 e. The molecule has 0 radical (unpaired) electrons. The first-order valence-corrected chi connectivity index (χ1v) is 6.10. The summed E-state index contributed by atoms with van der Waals surface area (Å²) < 4.78 is 0. The molecule has 0 saturated heterocycles. The lowest BCUT2D eigenvalue weighted by atomic mass is 10.0. The van der Waals surface area contributed by atoms with Gasteiger partial charge in [0.15, 0.2) is 0 Å². The fraction of sp³-hybridized carbons (Fsp3) is 0.583. The molecule has 1 heterocycles. The number of rotatable bonds is 2. The standard InChI is InChI=1S/C12H18N4O/c13-10-4-2-1-3-5-11(10)16-12(17)9-6-7-14-15-8-9/h6-8,10-11H,1-5,13H2,(H,16,17). The van der Waals surface area contributed by atoms with Crippen LogP contribution in [-0.4, -0.2) is 28.2 Å². The second-order valence-electron chi connectivity index (χ2n) is 4.51. The lowest BCUT2D eigenvalue weighted by Gasteiger charge is -2.22. The van der Waals surface area contributed by atoms with E-state index in [-0.39, 0.29) is 18.0 Å². The molecule has 1 aliphatic rings. The summed E-state index contributed by atoms with van der Waals surface area (Å²) in [5, 5.41) is 10.3. The minimum Gasteiger partial charge on any atom is -0.348 e. The molecule has 3 N–H and O–H groups in total. The molecule has 2 rings (SSSR count). The Morgan fingerprint density at radius 2 is 2.12 bits per heavy atom. The van der Waals surface area contributed by atoms with Gasteiger partial charge < -0.3 is 11.1 Å². The van der Waals surface area contributed by atoms with E-state index in [9.17, 15) is 4.79 Å². The van der Waals surface area contributed by atoms with Crippen LogP contribution >= 0.6 is 0 Å². The number of nitrogens with one attached hydrogen (secondary N) is 1. The van der Waals surface area contributed by atoms with Crippen molar-refractivity contribution in [1.82, 2.24) is 15.5 Å². The van der Waals surface area contributed by atoms with Crippen molar-refractivity contribution in [2.45, 2.75) is 44.2 Å². The number of hydrogen-bond acceptors (Lipinski definition) is 4. The number of amides is 1. The molecule has 5 heteroatoms.